The molecule has 0 unspecified atom stereocenters. The summed E-state index contributed by atoms with van der Waals surface area (Å²) in [5.74, 6) is 0.413. The summed E-state index contributed by atoms with van der Waals surface area (Å²) in [7, 11) is 0. The van der Waals surface area contributed by atoms with E-state index in [4.69, 9.17) is 4.74 Å². The molecule has 1 aliphatic rings. The van der Waals surface area contributed by atoms with Crippen LogP contribution in [-0.2, 0) is 31.0 Å². The molecule has 3 aromatic heterocycles. The van der Waals surface area contributed by atoms with E-state index in [2.05, 4.69) is 30.5 Å². The number of fused-ring (bicyclic) bond motifs is 1. The van der Waals surface area contributed by atoms with Crippen molar-refractivity contribution in [1.29, 1.82) is 0 Å². The first-order valence-corrected chi connectivity index (χ1v) is 8.95. The van der Waals surface area contributed by atoms with Crippen LogP contribution in [0.4, 0.5) is 0 Å². The van der Waals surface area contributed by atoms with Crippen LogP contribution in [0.2, 0.25) is 0 Å². The molecule has 0 saturated heterocycles. The van der Waals surface area contributed by atoms with Gasteiger partial charge in [-0.15, -0.1) is 0 Å². The van der Waals surface area contributed by atoms with Gasteiger partial charge in [-0.1, -0.05) is 6.07 Å². The molecule has 0 N–H and O–H groups in total. The fourth-order valence-electron chi connectivity index (χ4n) is 3.41. The summed E-state index contributed by atoms with van der Waals surface area (Å²) in [4.78, 5) is 15.3. The monoisotopic (exact) mass is 349 g/mol. The molecule has 6 nitrogen and oxygen atoms in total. The highest BCUT2D eigenvalue weighted by Crippen LogP contribution is 2.18. The maximum atomic E-state index is 6.00. The molecule has 0 saturated carbocycles. The second-order valence-corrected chi connectivity index (χ2v) is 6.76. The molecule has 0 amide bonds. The number of hydrogen-bond acceptors (Lipinski definition) is 5. The predicted molar refractivity (Wildman–Crippen MR) is 98.0 cm³/mol. The second kappa shape index (κ2) is 8.21. The highest BCUT2D eigenvalue weighted by atomic mass is 16.5. The lowest BCUT2D eigenvalue weighted by atomic mass is 10.1. The largest absolute Gasteiger partial charge is 0.376 e. The molecule has 4 rings (SSSR count). The molecular formula is C20H23N5O. The number of hydrogen-bond donors (Lipinski definition) is 0. The van der Waals surface area contributed by atoms with Crippen LogP contribution in [0.5, 0.6) is 0 Å². The number of nitrogens with zero attached hydrogens (tertiary/aromatic N) is 5. The second-order valence-electron chi connectivity index (χ2n) is 6.76. The summed E-state index contributed by atoms with van der Waals surface area (Å²) in [6.45, 7) is 4.98. The van der Waals surface area contributed by atoms with E-state index in [9.17, 15) is 0 Å². The molecule has 3 aromatic rings. The molecule has 26 heavy (non-hydrogen) atoms. The molecule has 134 valence electrons. The van der Waals surface area contributed by atoms with E-state index in [1.54, 1.807) is 12.4 Å². The summed E-state index contributed by atoms with van der Waals surface area (Å²) >= 11 is 0. The quantitative estimate of drug-likeness (QED) is 0.684. The predicted octanol–water partition coefficient (Wildman–Crippen LogP) is 2.52. The van der Waals surface area contributed by atoms with Crippen molar-refractivity contribution >= 4 is 0 Å². The first-order valence-electron chi connectivity index (χ1n) is 8.95. The molecule has 0 aromatic carbocycles. The molecule has 0 fully saturated rings. The smallest absolute Gasteiger partial charge is 0.0948 e. The lowest BCUT2D eigenvalue weighted by Gasteiger charge is -2.23. The number of aromatic nitrogens is 4. The highest BCUT2D eigenvalue weighted by molar-refractivity contribution is 5.08. The Morgan fingerprint density at radius 1 is 1.04 bits per heavy atom. The van der Waals surface area contributed by atoms with Crippen molar-refractivity contribution in [3.8, 4) is 0 Å². The maximum absolute atomic E-state index is 6.00. The van der Waals surface area contributed by atoms with Crippen LogP contribution in [0.3, 0.4) is 0 Å². The summed E-state index contributed by atoms with van der Waals surface area (Å²) in [5.41, 5.74) is 3.50. The zero-order valence-corrected chi connectivity index (χ0v) is 14.7. The van der Waals surface area contributed by atoms with Gasteiger partial charge < -0.3 is 9.30 Å². The summed E-state index contributed by atoms with van der Waals surface area (Å²) in [6.07, 6.45) is 9.35. The van der Waals surface area contributed by atoms with Crippen LogP contribution in [-0.4, -0.2) is 37.6 Å². The van der Waals surface area contributed by atoms with Gasteiger partial charge in [0.05, 0.1) is 30.9 Å². The van der Waals surface area contributed by atoms with Crippen molar-refractivity contribution in [3.63, 3.8) is 0 Å². The van der Waals surface area contributed by atoms with Gasteiger partial charge in [-0.3, -0.25) is 14.9 Å². The van der Waals surface area contributed by atoms with Gasteiger partial charge >= 0.3 is 0 Å². The molecule has 1 aliphatic heterocycles. The molecule has 4 heterocycles. The van der Waals surface area contributed by atoms with E-state index < -0.39 is 0 Å². The first-order chi connectivity index (χ1) is 12.9. The third-order valence-corrected chi connectivity index (χ3v) is 4.64. The molecule has 6 heteroatoms. The molecular weight excluding hydrogens is 326 g/mol. The maximum Gasteiger partial charge on any atom is 0.0948 e. The van der Waals surface area contributed by atoms with Gasteiger partial charge in [-0.2, -0.15) is 0 Å². The van der Waals surface area contributed by atoms with Crippen LogP contribution >= 0.6 is 0 Å². The Hall–Kier alpha value is -2.57. The van der Waals surface area contributed by atoms with Crippen molar-refractivity contribution in [1.82, 2.24) is 24.4 Å². The number of imidazole rings is 1. The van der Waals surface area contributed by atoms with Crippen molar-refractivity contribution in [2.45, 2.75) is 26.2 Å². The van der Waals surface area contributed by atoms with Gasteiger partial charge in [0, 0.05) is 56.9 Å². The average Bonchev–Trinajstić information content (AvgIpc) is 3.03. The topological polar surface area (TPSA) is 56.1 Å². The normalized spacial score (nSPS) is 17.6. The zero-order chi connectivity index (χ0) is 17.6. The van der Waals surface area contributed by atoms with E-state index in [0.717, 1.165) is 44.0 Å². The van der Waals surface area contributed by atoms with Gasteiger partial charge in [-0.25, -0.2) is 4.98 Å². The van der Waals surface area contributed by atoms with Crippen molar-refractivity contribution < 1.29 is 4.74 Å². The molecule has 0 bridgehead atoms. The average molecular weight is 349 g/mol. The van der Waals surface area contributed by atoms with Crippen LogP contribution in [0, 0.1) is 5.92 Å². The van der Waals surface area contributed by atoms with Crippen molar-refractivity contribution in [2.24, 2.45) is 5.92 Å². The number of ether oxygens (including phenoxy) is 1. The third kappa shape index (κ3) is 4.33. The van der Waals surface area contributed by atoms with Gasteiger partial charge in [0.15, 0.2) is 0 Å². The Morgan fingerprint density at radius 2 is 1.96 bits per heavy atom. The van der Waals surface area contributed by atoms with Gasteiger partial charge in [0.2, 0.25) is 0 Å². The van der Waals surface area contributed by atoms with Crippen LogP contribution in [0.15, 0.2) is 61.4 Å². The lowest BCUT2D eigenvalue weighted by Crippen LogP contribution is -2.30. The fraction of sp³-hybridized carbons (Fsp3) is 0.350. The van der Waals surface area contributed by atoms with E-state index in [-0.39, 0.29) is 0 Å². The van der Waals surface area contributed by atoms with Gasteiger partial charge in [-0.05, 0) is 29.8 Å². The summed E-state index contributed by atoms with van der Waals surface area (Å²) in [5, 5.41) is 0. The standard InChI is InChI=1S/C20H23N5O/c1-2-6-23-19(3-1)12-24-10-18(11-25-16-22-9-20(25)13-24)15-26-14-17-4-7-21-8-5-17/h1-9,16,18H,10-15H2/t18-/m1/s1. The minimum absolute atomic E-state index is 0.413. The molecule has 1 atom stereocenters. The molecule has 0 aliphatic carbocycles. The Bertz CT molecular complexity index is 805. The van der Waals surface area contributed by atoms with Gasteiger partial charge in [0.25, 0.3) is 0 Å². The first kappa shape index (κ1) is 16.9. The number of pyridine rings is 2. The van der Waals surface area contributed by atoms with E-state index in [0.29, 0.717) is 12.5 Å². The van der Waals surface area contributed by atoms with Crippen LogP contribution in [0.1, 0.15) is 17.0 Å². The Balaban J connectivity index is 1.40. The van der Waals surface area contributed by atoms with Crippen molar-refractivity contribution in [3.05, 3.63) is 78.4 Å². The minimum Gasteiger partial charge on any atom is -0.376 e. The van der Waals surface area contributed by atoms with Crippen LogP contribution < -0.4 is 0 Å². The van der Waals surface area contributed by atoms with Crippen LogP contribution in [0.25, 0.3) is 0 Å². The Morgan fingerprint density at radius 3 is 2.81 bits per heavy atom. The fourth-order valence-corrected chi connectivity index (χ4v) is 3.41. The minimum atomic E-state index is 0.413. The molecule has 0 spiro atoms. The Kier molecular flexibility index (Phi) is 5.33. The Labute approximate surface area is 153 Å². The van der Waals surface area contributed by atoms with E-state index in [1.807, 2.05) is 43.0 Å². The molecule has 0 radical (unpaired) electrons. The lowest BCUT2D eigenvalue weighted by molar-refractivity contribution is 0.0663. The van der Waals surface area contributed by atoms with Crippen molar-refractivity contribution in [2.75, 3.05) is 13.2 Å². The van der Waals surface area contributed by atoms with E-state index >= 15 is 0 Å². The summed E-state index contributed by atoms with van der Waals surface area (Å²) < 4.78 is 8.25. The third-order valence-electron chi connectivity index (χ3n) is 4.64. The SMILES string of the molecule is c1ccc(CN2Cc3cncn3C[C@H](COCc3ccncc3)C2)nc1. The highest BCUT2D eigenvalue weighted by Gasteiger charge is 2.22. The van der Waals surface area contributed by atoms with E-state index in [1.165, 1.54) is 5.69 Å². The summed E-state index contributed by atoms with van der Waals surface area (Å²) in [6, 6.07) is 10.1. The van der Waals surface area contributed by atoms with Gasteiger partial charge in [0.1, 0.15) is 0 Å². The zero-order valence-electron chi connectivity index (χ0n) is 14.7. The number of rotatable bonds is 6.